The Balaban J connectivity index is 3.31. The number of rotatable bonds is 5. The van der Waals surface area contributed by atoms with Crippen molar-refractivity contribution < 1.29 is 19.0 Å². The number of carbonyl (C=O) groups excluding carboxylic acids is 1. The summed E-state index contributed by atoms with van der Waals surface area (Å²) >= 11 is 3.22. The van der Waals surface area contributed by atoms with Gasteiger partial charge in [-0.05, 0) is 29.6 Å². The van der Waals surface area contributed by atoms with Crippen LogP contribution >= 0.6 is 15.9 Å². The molecule has 0 aromatic heterocycles. The lowest BCUT2D eigenvalue weighted by molar-refractivity contribution is 0.104. The molecule has 98 valence electrons. The molecule has 0 aliphatic rings. The Morgan fingerprint density at radius 1 is 1.11 bits per heavy atom. The Kier molecular flexibility index (Phi) is 5.22. The minimum absolute atomic E-state index is 0.136. The van der Waals surface area contributed by atoms with Crippen LogP contribution < -0.4 is 14.2 Å². The molecule has 0 amide bonds. The average molecular weight is 315 g/mol. The second-order valence-corrected chi connectivity index (χ2v) is 4.76. The smallest absolute Gasteiger partial charge is 0.203 e. The van der Waals surface area contributed by atoms with Crippen LogP contribution in [0.1, 0.15) is 17.3 Å². The Hall–Kier alpha value is -1.49. The van der Waals surface area contributed by atoms with E-state index in [0.717, 1.165) is 4.48 Å². The van der Waals surface area contributed by atoms with Crippen molar-refractivity contribution in [2.24, 2.45) is 0 Å². The minimum Gasteiger partial charge on any atom is -0.493 e. The summed E-state index contributed by atoms with van der Waals surface area (Å²) in [5, 5.41) is 0. The van der Waals surface area contributed by atoms with Crippen LogP contribution in [0.25, 0.3) is 0 Å². The van der Waals surface area contributed by atoms with Gasteiger partial charge in [0.15, 0.2) is 17.3 Å². The fourth-order valence-electron chi connectivity index (χ4n) is 1.49. The van der Waals surface area contributed by atoms with Crippen molar-refractivity contribution in [1.82, 2.24) is 0 Å². The maximum Gasteiger partial charge on any atom is 0.203 e. The molecule has 1 aromatic rings. The molecule has 4 nitrogen and oxygen atoms in total. The van der Waals surface area contributed by atoms with E-state index in [2.05, 4.69) is 15.9 Å². The molecule has 1 rings (SSSR count). The molecule has 0 unspecified atom stereocenters. The highest BCUT2D eigenvalue weighted by atomic mass is 79.9. The van der Waals surface area contributed by atoms with Gasteiger partial charge in [-0.25, -0.2) is 0 Å². The number of halogens is 1. The summed E-state index contributed by atoms with van der Waals surface area (Å²) in [6.45, 7) is 1.79. The molecule has 0 bridgehead atoms. The maximum absolute atomic E-state index is 11.9. The quantitative estimate of drug-likeness (QED) is 0.618. The van der Waals surface area contributed by atoms with Crippen molar-refractivity contribution in [3.05, 3.63) is 28.3 Å². The van der Waals surface area contributed by atoms with Gasteiger partial charge in [0.1, 0.15) is 0 Å². The van der Waals surface area contributed by atoms with Gasteiger partial charge < -0.3 is 14.2 Å². The number of hydrogen-bond acceptors (Lipinski definition) is 4. The molecular weight excluding hydrogens is 300 g/mol. The lowest BCUT2D eigenvalue weighted by Crippen LogP contribution is -2.00. The van der Waals surface area contributed by atoms with Gasteiger partial charge in [-0.1, -0.05) is 15.9 Å². The molecule has 0 spiro atoms. The first kappa shape index (κ1) is 14.6. The zero-order valence-electron chi connectivity index (χ0n) is 10.7. The summed E-state index contributed by atoms with van der Waals surface area (Å²) < 4.78 is 16.3. The fourth-order valence-corrected chi connectivity index (χ4v) is 1.70. The topological polar surface area (TPSA) is 44.8 Å². The minimum atomic E-state index is -0.136. The third-order valence-corrected chi connectivity index (χ3v) is 2.51. The van der Waals surface area contributed by atoms with E-state index in [9.17, 15) is 4.79 Å². The number of carbonyl (C=O) groups is 1. The van der Waals surface area contributed by atoms with Crippen LogP contribution in [0.5, 0.6) is 17.2 Å². The normalized spacial score (nSPS) is 11.1. The summed E-state index contributed by atoms with van der Waals surface area (Å²) in [5.74, 6) is 1.25. The number of benzene rings is 1. The Morgan fingerprint density at radius 2 is 1.61 bits per heavy atom. The first-order chi connectivity index (χ1) is 8.53. The molecule has 0 radical (unpaired) electrons. The van der Waals surface area contributed by atoms with E-state index >= 15 is 0 Å². The van der Waals surface area contributed by atoms with E-state index in [1.54, 1.807) is 19.1 Å². The largest absolute Gasteiger partial charge is 0.493 e. The highest BCUT2D eigenvalue weighted by Gasteiger charge is 2.15. The van der Waals surface area contributed by atoms with E-state index in [0.29, 0.717) is 22.8 Å². The number of hydrogen-bond donors (Lipinski definition) is 0. The summed E-state index contributed by atoms with van der Waals surface area (Å²) in [6, 6.07) is 3.24. The van der Waals surface area contributed by atoms with E-state index < -0.39 is 0 Å². The van der Waals surface area contributed by atoms with E-state index in [-0.39, 0.29) is 5.78 Å². The molecule has 0 saturated heterocycles. The number of ketones is 1. The molecule has 0 aliphatic heterocycles. The molecule has 18 heavy (non-hydrogen) atoms. The van der Waals surface area contributed by atoms with Gasteiger partial charge in [0.2, 0.25) is 5.75 Å². The summed E-state index contributed by atoms with van der Waals surface area (Å²) in [4.78, 5) is 11.9. The molecule has 0 heterocycles. The van der Waals surface area contributed by atoms with Crippen molar-refractivity contribution in [1.29, 1.82) is 0 Å². The highest BCUT2D eigenvalue weighted by Crippen LogP contribution is 2.38. The van der Waals surface area contributed by atoms with Crippen LogP contribution in [-0.2, 0) is 0 Å². The monoisotopic (exact) mass is 314 g/mol. The van der Waals surface area contributed by atoms with Gasteiger partial charge in [0, 0.05) is 5.56 Å². The van der Waals surface area contributed by atoms with Crippen molar-refractivity contribution in [2.75, 3.05) is 21.3 Å². The van der Waals surface area contributed by atoms with Gasteiger partial charge in [-0.15, -0.1) is 0 Å². The van der Waals surface area contributed by atoms with E-state index in [4.69, 9.17) is 14.2 Å². The summed E-state index contributed by atoms with van der Waals surface area (Å²) in [7, 11) is 4.54. The first-order valence-electron chi connectivity index (χ1n) is 5.21. The molecule has 1 aromatic carbocycles. The molecule has 5 heteroatoms. The third-order valence-electron chi connectivity index (χ3n) is 2.28. The Morgan fingerprint density at radius 3 is 1.94 bits per heavy atom. The lowest BCUT2D eigenvalue weighted by Gasteiger charge is -2.13. The number of methoxy groups -OCH3 is 3. The van der Waals surface area contributed by atoms with Crippen molar-refractivity contribution >= 4 is 21.7 Å². The van der Waals surface area contributed by atoms with Crippen LogP contribution in [0.4, 0.5) is 0 Å². The van der Waals surface area contributed by atoms with Gasteiger partial charge in [0.25, 0.3) is 0 Å². The first-order valence-corrected chi connectivity index (χ1v) is 6.01. The van der Waals surface area contributed by atoms with Crippen molar-refractivity contribution in [3.8, 4) is 17.2 Å². The van der Waals surface area contributed by atoms with Crippen LogP contribution in [0.3, 0.4) is 0 Å². The molecule has 0 fully saturated rings. The van der Waals surface area contributed by atoms with E-state index in [1.165, 1.54) is 27.4 Å². The van der Waals surface area contributed by atoms with Gasteiger partial charge in [0.05, 0.1) is 21.3 Å². The van der Waals surface area contributed by atoms with Crippen LogP contribution in [0, 0.1) is 0 Å². The Bertz CT molecular complexity index is 451. The second-order valence-electron chi connectivity index (χ2n) is 3.51. The average Bonchev–Trinajstić information content (AvgIpc) is 2.35. The second kappa shape index (κ2) is 6.44. The summed E-state index contributed by atoms with van der Waals surface area (Å²) in [5.41, 5.74) is 0.475. The zero-order chi connectivity index (χ0) is 13.7. The molecule has 0 N–H and O–H groups in total. The van der Waals surface area contributed by atoms with Gasteiger partial charge in [-0.2, -0.15) is 0 Å². The van der Waals surface area contributed by atoms with Gasteiger partial charge >= 0.3 is 0 Å². The van der Waals surface area contributed by atoms with Crippen molar-refractivity contribution in [2.45, 2.75) is 6.92 Å². The third kappa shape index (κ3) is 3.26. The molecule has 0 saturated carbocycles. The van der Waals surface area contributed by atoms with Gasteiger partial charge in [-0.3, -0.25) is 4.79 Å². The maximum atomic E-state index is 11.9. The molecule has 0 aliphatic carbocycles. The number of allylic oxidation sites excluding steroid dienone is 2. The standard InChI is InChI=1S/C13H15BrO4/c1-8(14)5-10(15)9-6-11(16-2)13(18-4)12(7-9)17-3/h5-7H,1-4H3/b8-5-. The predicted octanol–water partition coefficient (Wildman–Crippen LogP) is 3.19. The molecular formula is C13H15BrO4. The van der Waals surface area contributed by atoms with E-state index in [1.807, 2.05) is 0 Å². The lowest BCUT2D eigenvalue weighted by atomic mass is 10.1. The number of ether oxygens (including phenoxy) is 3. The SMILES string of the molecule is COc1cc(C(=O)/C=C(/C)Br)cc(OC)c1OC. The predicted molar refractivity (Wildman–Crippen MR) is 73.1 cm³/mol. The fraction of sp³-hybridized carbons (Fsp3) is 0.308. The highest BCUT2D eigenvalue weighted by molar-refractivity contribution is 9.11. The zero-order valence-corrected chi connectivity index (χ0v) is 12.3. The van der Waals surface area contributed by atoms with Crippen LogP contribution in [-0.4, -0.2) is 27.1 Å². The van der Waals surface area contributed by atoms with Crippen LogP contribution in [0.2, 0.25) is 0 Å². The van der Waals surface area contributed by atoms with Crippen molar-refractivity contribution in [3.63, 3.8) is 0 Å². The Labute approximate surface area is 115 Å². The van der Waals surface area contributed by atoms with Crippen LogP contribution in [0.15, 0.2) is 22.7 Å². The summed E-state index contributed by atoms with van der Waals surface area (Å²) in [6.07, 6.45) is 1.49. The molecule has 0 atom stereocenters.